The molecule has 4 heterocycles. The summed E-state index contributed by atoms with van der Waals surface area (Å²) in [6.45, 7) is 1.48. The second kappa shape index (κ2) is 8.44. The van der Waals surface area contributed by atoms with Crippen LogP contribution in [-0.4, -0.2) is 30.4 Å². The Labute approximate surface area is 187 Å². The van der Waals surface area contributed by atoms with Gasteiger partial charge in [0.15, 0.2) is 17.0 Å². The maximum Gasteiger partial charge on any atom is 0.231 e. The Hall–Kier alpha value is -4.31. The number of rotatable bonds is 6. The molecule has 5 aromatic rings. The quantitative estimate of drug-likeness (QED) is 0.349. The van der Waals surface area contributed by atoms with Crippen LogP contribution in [0.15, 0.2) is 71.9 Å². The van der Waals surface area contributed by atoms with Crippen molar-refractivity contribution >= 4 is 57.2 Å². The molecule has 0 radical (unpaired) electrons. The molecule has 4 aromatic heterocycles. The van der Waals surface area contributed by atoms with Crippen molar-refractivity contribution in [2.75, 3.05) is 16.0 Å². The predicted octanol–water partition coefficient (Wildman–Crippen LogP) is 4.72. The summed E-state index contributed by atoms with van der Waals surface area (Å²) >= 11 is 1.61. The summed E-state index contributed by atoms with van der Waals surface area (Å²) in [7, 11) is 0. The highest BCUT2D eigenvalue weighted by molar-refractivity contribution is 7.08. The first-order valence-corrected chi connectivity index (χ1v) is 10.7. The number of carbonyl (C=O) groups excluding carboxylic acids is 1. The van der Waals surface area contributed by atoms with E-state index < -0.39 is 0 Å². The Morgan fingerprint density at radius 3 is 2.41 bits per heavy atom. The van der Waals surface area contributed by atoms with Gasteiger partial charge in [0.05, 0.1) is 5.69 Å². The van der Waals surface area contributed by atoms with Crippen molar-refractivity contribution in [1.82, 2.24) is 24.5 Å². The minimum Gasteiger partial charge on any atom is -0.338 e. The van der Waals surface area contributed by atoms with Crippen molar-refractivity contribution in [2.24, 2.45) is 0 Å². The molecule has 0 bridgehead atoms. The van der Waals surface area contributed by atoms with Gasteiger partial charge in [-0.15, -0.1) is 0 Å². The van der Waals surface area contributed by atoms with Crippen LogP contribution >= 0.6 is 11.3 Å². The highest BCUT2D eigenvalue weighted by Crippen LogP contribution is 2.28. The van der Waals surface area contributed by atoms with E-state index in [0.717, 1.165) is 22.7 Å². The maximum atomic E-state index is 11.3. The molecule has 10 heteroatoms. The zero-order chi connectivity index (χ0) is 21.9. The number of thiophene rings is 1. The molecular weight excluding hydrogens is 424 g/mol. The molecule has 0 fully saturated rings. The van der Waals surface area contributed by atoms with Gasteiger partial charge < -0.3 is 16.0 Å². The van der Waals surface area contributed by atoms with Crippen molar-refractivity contribution < 1.29 is 4.79 Å². The van der Waals surface area contributed by atoms with E-state index in [1.807, 2.05) is 57.8 Å². The SMILES string of the molecule is CC(=O)Nc1ccc(Nc2nc(Nc3ccncc3)nc3c2ncn3-c2ccsc2)cc1. The van der Waals surface area contributed by atoms with Gasteiger partial charge in [-0.3, -0.25) is 14.3 Å². The lowest BCUT2D eigenvalue weighted by Crippen LogP contribution is -2.06. The molecule has 0 aliphatic carbocycles. The van der Waals surface area contributed by atoms with Crippen LogP contribution in [0, 0.1) is 0 Å². The van der Waals surface area contributed by atoms with Crippen molar-refractivity contribution in [3.05, 3.63) is 71.9 Å². The van der Waals surface area contributed by atoms with Gasteiger partial charge in [-0.25, -0.2) is 4.98 Å². The molecule has 0 unspecified atom stereocenters. The number of fused-ring (bicyclic) bond motifs is 1. The van der Waals surface area contributed by atoms with Crippen LogP contribution in [0.4, 0.5) is 28.8 Å². The van der Waals surface area contributed by atoms with Crippen LogP contribution in [0.3, 0.4) is 0 Å². The van der Waals surface area contributed by atoms with Gasteiger partial charge in [0, 0.05) is 41.8 Å². The van der Waals surface area contributed by atoms with E-state index >= 15 is 0 Å². The van der Waals surface area contributed by atoms with Gasteiger partial charge in [0.1, 0.15) is 6.33 Å². The van der Waals surface area contributed by atoms with Crippen LogP contribution in [0.1, 0.15) is 6.92 Å². The normalized spacial score (nSPS) is 10.8. The summed E-state index contributed by atoms with van der Waals surface area (Å²) in [6.07, 6.45) is 5.14. The highest BCUT2D eigenvalue weighted by Gasteiger charge is 2.15. The van der Waals surface area contributed by atoms with Crippen molar-refractivity contribution in [2.45, 2.75) is 6.92 Å². The molecule has 0 spiro atoms. The topological polar surface area (TPSA) is 110 Å². The number of carbonyl (C=O) groups is 1. The number of aromatic nitrogens is 5. The smallest absolute Gasteiger partial charge is 0.231 e. The minimum absolute atomic E-state index is 0.117. The average Bonchev–Trinajstić information content (AvgIpc) is 3.45. The van der Waals surface area contributed by atoms with Crippen LogP contribution in [-0.2, 0) is 4.79 Å². The summed E-state index contributed by atoms with van der Waals surface area (Å²) in [6, 6.07) is 13.1. The Morgan fingerprint density at radius 1 is 0.938 bits per heavy atom. The fourth-order valence-electron chi connectivity index (χ4n) is 3.17. The van der Waals surface area contributed by atoms with E-state index in [9.17, 15) is 4.79 Å². The van der Waals surface area contributed by atoms with Gasteiger partial charge in [-0.2, -0.15) is 21.3 Å². The first-order valence-electron chi connectivity index (χ1n) is 9.75. The van der Waals surface area contributed by atoms with Gasteiger partial charge in [0.25, 0.3) is 0 Å². The third kappa shape index (κ3) is 4.12. The molecule has 1 amide bonds. The maximum absolute atomic E-state index is 11.3. The number of amides is 1. The molecule has 0 aliphatic heterocycles. The van der Waals surface area contributed by atoms with E-state index in [4.69, 9.17) is 4.98 Å². The van der Waals surface area contributed by atoms with Crippen molar-refractivity contribution in [3.8, 4) is 5.69 Å². The number of pyridine rings is 1. The largest absolute Gasteiger partial charge is 0.338 e. The average molecular weight is 443 g/mol. The first kappa shape index (κ1) is 19.6. The number of nitrogens with one attached hydrogen (secondary N) is 3. The summed E-state index contributed by atoms with van der Waals surface area (Å²) in [5, 5.41) is 13.4. The van der Waals surface area contributed by atoms with Crippen molar-refractivity contribution in [1.29, 1.82) is 0 Å². The zero-order valence-electron chi connectivity index (χ0n) is 17.0. The molecule has 0 atom stereocenters. The monoisotopic (exact) mass is 442 g/mol. The van der Waals surface area contributed by atoms with Gasteiger partial charge in [-0.1, -0.05) is 0 Å². The first-order chi connectivity index (χ1) is 15.7. The standard InChI is InChI=1S/C22H18N8OS/c1-14(31)25-15-2-4-16(5-3-15)26-20-19-21(30(13-24-19)18-8-11-32-12-18)29-22(28-20)27-17-6-9-23-10-7-17/h2-13H,1H3,(H,25,31)(H2,23,26,27,28,29). The zero-order valence-corrected chi connectivity index (χ0v) is 17.8. The second-order valence-electron chi connectivity index (χ2n) is 6.91. The summed E-state index contributed by atoms with van der Waals surface area (Å²) in [4.78, 5) is 29.2. The van der Waals surface area contributed by atoms with E-state index in [0.29, 0.717) is 22.9 Å². The summed E-state index contributed by atoms with van der Waals surface area (Å²) < 4.78 is 1.93. The van der Waals surface area contributed by atoms with E-state index in [2.05, 4.69) is 30.9 Å². The molecule has 9 nitrogen and oxygen atoms in total. The number of hydrogen-bond donors (Lipinski definition) is 3. The third-order valence-electron chi connectivity index (χ3n) is 4.58. The second-order valence-corrected chi connectivity index (χ2v) is 7.69. The molecule has 5 rings (SSSR count). The third-order valence-corrected chi connectivity index (χ3v) is 5.26. The number of anilines is 5. The van der Waals surface area contributed by atoms with Crippen LogP contribution in [0.25, 0.3) is 16.9 Å². The van der Waals surface area contributed by atoms with Gasteiger partial charge in [-0.05, 0) is 47.8 Å². The molecule has 1 aromatic carbocycles. The molecule has 32 heavy (non-hydrogen) atoms. The number of nitrogens with zero attached hydrogens (tertiary/aromatic N) is 5. The molecule has 158 valence electrons. The molecule has 0 saturated carbocycles. The van der Waals surface area contributed by atoms with Crippen LogP contribution < -0.4 is 16.0 Å². The fourth-order valence-corrected chi connectivity index (χ4v) is 3.80. The van der Waals surface area contributed by atoms with Gasteiger partial charge >= 0.3 is 0 Å². The summed E-state index contributed by atoms with van der Waals surface area (Å²) in [5.74, 6) is 0.875. The fraction of sp³-hybridized carbons (Fsp3) is 0.0455. The number of hydrogen-bond acceptors (Lipinski definition) is 8. The molecule has 0 saturated heterocycles. The summed E-state index contributed by atoms with van der Waals surface area (Å²) in [5.41, 5.74) is 4.65. The molecule has 0 aliphatic rings. The van der Waals surface area contributed by atoms with E-state index in [-0.39, 0.29) is 5.91 Å². The highest BCUT2D eigenvalue weighted by atomic mass is 32.1. The number of imidazole rings is 1. The van der Waals surface area contributed by atoms with E-state index in [1.54, 1.807) is 30.1 Å². The van der Waals surface area contributed by atoms with Crippen LogP contribution in [0.5, 0.6) is 0 Å². The Kier molecular flexibility index (Phi) is 5.18. The molecular formula is C22H18N8OS. The number of benzene rings is 1. The lowest BCUT2D eigenvalue weighted by atomic mass is 10.2. The van der Waals surface area contributed by atoms with Crippen molar-refractivity contribution in [3.63, 3.8) is 0 Å². The lowest BCUT2D eigenvalue weighted by molar-refractivity contribution is -0.114. The minimum atomic E-state index is -0.117. The van der Waals surface area contributed by atoms with Gasteiger partial charge in [0.2, 0.25) is 11.9 Å². The van der Waals surface area contributed by atoms with E-state index in [1.165, 1.54) is 6.92 Å². The Morgan fingerprint density at radius 2 is 1.69 bits per heavy atom. The Bertz CT molecular complexity index is 1360. The molecule has 3 N–H and O–H groups in total. The lowest BCUT2D eigenvalue weighted by Gasteiger charge is -2.11. The predicted molar refractivity (Wildman–Crippen MR) is 126 cm³/mol. The van der Waals surface area contributed by atoms with Crippen LogP contribution in [0.2, 0.25) is 0 Å². The Balaban J connectivity index is 1.55.